The van der Waals surface area contributed by atoms with Gasteiger partial charge in [0.2, 0.25) is 0 Å². The van der Waals surface area contributed by atoms with Crippen LogP contribution in [0.15, 0.2) is 47.3 Å². The fraction of sp³-hybridized carbons (Fsp3) is 0.0714. The molecule has 3 rings (SSSR count). The molecule has 0 spiro atoms. The summed E-state index contributed by atoms with van der Waals surface area (Å²) in [7, 11) is 0. The monoisotopic (exact) mass is 287 g/mol. The van der Waals surface area contributed by atoms with Gasteiger partial charge < -0.3 is 4.98 Å². The highest BCUT2D eigenvalue weighted by atomic mass is 19.1. The molecule has 0 amide bonds. The number of hydrogen-bond donors (Lipinski definition) is 1. The van der Waals surface area contributed by atoms with Crippen LogP contribution in [0.1, 0.15) is 5.56 Å². The van der Waals surface area contributed by atoms with Gasteiger partial charge in [0.15, 0.2) is 0 Å². The molecule has 0 radical (unpaired) electrons. The van der Waals surface area contributed by atoms with Gasteiger partial charge >= 0.3 is 5.69 Å². The van der Waals surface area contributed by atoms with Gasteiger partial charge in [-0.3, -0.25) is 14.7 Å². The van der Waals surface area contributed by atoms with Crippen molar-refractivity contribution in [1.29, 1.82) is 0 Å². The van der Waals surface area contributed by atoms with Crippen LogP contribution in [-0.4, -0.2) is 14.5 Å². The predicted molar refractivity (Wildman–Crippen MR) is 74.7 cm³/mol. The number of hydrogen-bond acceptors (Lipinski definition) is 3. The van der Waals surface area contributed by atoms with Crippen LogP contribution in [0.2, 0.25) is 0 Å². The van der Waals surface area contributed by atoms with Gasteiger partial charge in [0, 0.05) is 12.1 Å². The van der Waals surface area contributed by atoms with E-state index in [0.717, 1.165) is 5.56 Å². The molecule has 1 N–H and O–H groups in total. The topological polar surface area (TPSA) is 80.9 Å². The molecule has 3 aromatic rings. The first-order chi connectivity index (χ1) is 10.0. The van der Waals surface area contributed by atoms with Crippen molar-refractivity contribution in [2.75, 3.05) is 0 Å². The lowest BCUT2D eigenvalue weighted by molar-refractivity contribution is -0.384. The Labute approximate surface area is 117 Å². The fourth-order valence-corrected chi connectivity index (χ4v) is 2.18. The third-order valence-corrected chi connectivity index (χ3v) is 3.22. The lowest BCUT2D eigenvalue weighted by Crippen LogP contribution is -2.17. The molecular formula is C14H10FN3O3. The zero-order valence-corrected chi connectivity index (χ0v) is 10.7. The molecule has 0 saturated carbocycles. The average Bonchev–Trinajstić information content (AvgIpc) is 2.77. The maximum absolute atomic E-state index is 12.9. The van der Waals surface area contributed by atoms with E-state index in [1.807, 2.05) is 0 Å². The standard InChI is InChI=1S/C14H10FN3O3/c15-10-3-1-9(2-4-10)8-17-13-7-11(18(20)21)5-6-12(13)16-14(17)19/h1-7H,8H2,(H,16,19). The molecule has 21 heavy (non-hydrogen) atoms. The van der Waals surface area contributed by atoms with Crippen molar-refractivity contribution >= 4 is 16.7 Å². The summed E-state index contributed by atoms with van der Waals surface area (Å²) in [6, 6.07) is 9.92. The number of aromatic nitrogens is 2. The molecule has 0 aliphatic heterocycles. The van der Waals surface area contributed by atoms with Crippen molar-refractivity contribution in [3.05, 3.63) is 74.4 Å². The van der Waals surface area contributed by atoms with E-state index >= 15 is 0 Å². The van der Waals surface area contributed by atoms with Gasteiger partial charge in [-0.25, -0.2) is 9.18 Å². The molecule has 106 valence electrons. The zero-order chi connectivity index (χ0) is 15.0. The van der Waals surface area contributed by atoms with Crippen molar-refractivity contribution in [1.82, 2.24) is 9.55 Å². The Morgan fingerprint density at radius 2 is 1.90 bits per heavy atom. The molecule has 0 atom stereocenters. The summed E-state index contributed by atoms with van der Waals surface area (Å²) in [5.74, 6) is -0.360. The fourth-order valence-electron chi connectivity index (χ4n) is 2.18. The second-order valence-electron chi connectivity index (χ2n) is 4.60. The molecule has 0 fully saturated rings. The third-order valence-electron chi connectivity index (χ3n) is 3.22. The number of rotatable bonds is 3. The molecule has 7 heteroatoms. The van der Waals surface area contributed by atoms with E-state index < -0.39 is 4.92 Å². The summed E-state index contributed by atoms with van der Waals surface area (Å²) in [6.45, 7) is 0.209. The van der Waals surface area contributed by atoms with Crippen molar-refractivity contribution in [3.8, 4) is 0 Å². The van der Waals surface area contributed by atoms with Crippen LogP contribution in [0.3, 0.4) is 0 Å². The van der Waals surface area contributed by atoms with Crippen LogP contribution in [0, 0.1) is 15.9 Å². The molecule has 0 aliphatic rings. The van der Waals surface area contributed by atoms with Gasteiger partial charge in [0.25, 0.3) is 5.69 Å². The van der Waals surface area contributed by atoms with Crippen LogP contribution in [-0.2, 0) is 6.54 Å². The Morgan fingerprint density at radius 3 is 2.57 bits per heavy atom. The van der Waals surface area contributed by atoms with Crippen LogP contribution in [0.25, 0.3) is 11.0 Å². The number of benzene rings is 2. The quantitative estimate of drug-likeness (QED) is 0.593. The van der Waals surface area contributed by atoms with E-state index in [1.165, 1.54) is 34.9 Å². The van der Waals surface area contributed by atoms with E-state index in [-0.39, 0.29) is 23.7 Å². The van der Waals surface area contributed by atoms with Crippen LogP contribution >= 0.6 is 0 Å². The minimum absolute atomic E-state index is 0.0886. The second-order valence-corrected chi connectivity index (χ2v) is 4.60. The average molecular weight is 287 g/mol. The number of aromatic amines is 1. The van der Waals surface area contributed by atoms with Gasteiger partial charge in [-0.2, -0.15) is 0 Å². The van der Waals surface area contributed by atoms with Crippen LogP contribution in [0.4, 0.5) is 10.1 Å². The normalized spacial score (nSPS) is 10.9. The highest BCUT2D eigenvalue weighted by molar-refractivity contribution is 5.78. The van der Waals surface area contributed by atoms with E-state index in [1.54, 1.807) is 12.1 Å². The maximum atomic E-state index is 12.9. The first-order valence-electron chi connectivity index (χ1n) is 6.16. The maximum Gasteiger partial charge on any atom is 0.326 e. The molecule has 2 aromatic carbocycles. The van der Waals surface area contributed by atoms with Gasteiger partial charge in [-0.1, -0.05) is 12.1 Å². The number of nitro groups is 1. The van der Waals surface area contributed by atoms with Gasteiger partial charge in [0.05, 0.1) is 22.5 Å². The number of nitrogens with one attached hydrogen (secondary N) is 1. The van der Waals surface area contributed by atoms with Crippen molar-refractivity contribution in [2.45, 2.75) is 6.54 Å². The molecule has 1 aromatic heterocycles. The molecule has 0 bridgehead atoms. The Balaban J connectivity index is 2.10. The van der Waals surface area contributed by atoms with Crippen LogP contribution in [0.5, 0.6) is 0 Å². The largest absolute Gasteiger partial charge is 0.326 e. The number of fused-ring (bicyclic) bond motifs is 1. The van der Waals surface area contributed by atoms with Gasteiger partial charge in [-0.05, 0) is 23.8 Å². The number of nitrogens with zero attached hydrogens (tertiary/aromatic N) is 2. The van der Waals surface area contributed by atoms with Crippen molar-refractivity contribution < 1.29 is 9.31 Å². The minimum Gasteiger partial charge on any atom is -0.306 e. The van der Waals surface area contributed by atoms with E-state index in [0.29, 0.717) is 11.0 Å². The zero-order valence-electron chi connectivity index (χ0n) is 10.7. The number of imidazole rings is 1. The van der Waals surface area contributed by atoms with E-state index in [9.17, 15) is 19.3 Å². The smallest absolute Gasteiger partial charge is 0.306 e. The van der Waals surface area contributed by atoms with Gasteiger partial charge in [0.1, 0.15) is 5.82 Å². The highest BCUT2D eigenvalue weighted by Gasteiger charge is 2.12. The summed E-state index contributed by atoms with van der Waals surface area (Å²) in [5, 5.41) is 10.8. The van der Waals surface area contributed by atoms with Crippen molar-refractivity contribution in [2.24, 2.45) is 0 Å². The first kappa shape index (κ1) is 13.0. The van der Waals surface area contributed by atoms with Crippen LogP contribution < -0.4 is 5.69 Å². The Hall–Kier alpha value is -2.96. The first-order valence-corrected chi connectivity index (χ1v) is 6.16. The molecule has 1 heterocycles. The summed E-state index contributed by atoms with van der Waals surface area (Å²) < 4.78 is 14.3. The number of H-pyrrole nitrogens is 1. The third kappa shape index (κ3) is 2.40. The SMILES string of the molecule is O=c1[nH]c2ccc([N+](=O)[O-])cc2n1Cc1ccc(F)cc1. The molecule has 6 nitrogen and oxygen atoms in total. The predicted octanol–water partition coefficient (Wildman–Crippen LogP) is 2.43. The molecule has 0 unspecified atom stereocenters. The summed E-state index contributed by atoms with van der Waals surface area (Å²) >= 11 is 0. The van der Waals surface area contributed by atoms with E-state index in [4.69, 9.17) is 0 Å². The van der Waals surface area contributed by atoms with E-state index in [2.05, 4.69) is 4.98 Å². The summed E-state index contributed by atoms with van der Waals surface area (Å²) in [4.78, 5) is 24.9. The Morgan fingerprint density at radius 1 is 1.19 bits per heavy atom. The number of halogens is 1. The lowest BCUT2D eigenvalue weighted by Gasteiger charge is -2.03. The second kappa shape index (κ2) is 4.86. The number of nitro benzene ring substituents is 1. The van der Waals surface area contributed by atoms with Crippen molar-refractivity contribution in [3.63, 3.8) is 0 Å². The molecule has 0 saturated heterocycles. The Kier molecular flexibility index (Phi) is 3.02. The number of non-ortho nitro benzene ring substituents is 1. The highest BCUT2D eigenvalue weighted by Crippen LogP contribution is 2.19. The Bertz CT molecular complexity index is 881. The summed E-state index contributed by atoms with van der Waals surface area (Å²) in [6.07, 6.45) is 0. The van der Waals surface area contributed by atoms with Gasteiger partial charge in [-0.15, -0.1) is 0 Å². The minimum atomic E-state index is -0.515. The molecular weight excluding hydrogens is 277 g/mol. The lowest BCUT2D eigenvalue weighted by atomic mass is 10.2. The summed E-state index contributed by atoms with van der Waals surface area (Å²) in [5.41, 5.74) is 1.24. The molecule has 0 aliphatic carbocycles.